The third-order valence-corrected chi connectivity index (χ3v) is 6.21. The molecule has 2 aliphatic heterocycles. The fraction of sp³-hybridized carbons (Fsp3) is 0.304. The zero-order chi connectivity index (χ0) is 21.1. The fourth-order valence-corrected chi connectivity index (χ4v) is 4.31. The lowest BCUT2D eigenvalue weighted by Crippen LogP contribution is -3.14. The van der Waals surface area contributed by atoms with Gasteiger partial charge >= 0.3 is 0 Å². The molecule has 2 N–H and O–H groups in total. The number of Topliss-reactive ketones (excluding diaryl/α,β-unsaturated/α-hetero) is 1. The summed E-state index contributed by atoms with van der Waals surface area (Å²) in [5.41, 5.74) is 1.47. The number of nitrogens with one attached hydrogen (secondary N) is 1. The van der Waals surface area contributed by atoms with E-state index >= 15 is 0 Å². The number of halogens is 1. The minimum Gasteiger partial charge on any atom is -0.507 e. The van der Waals surface area contributed by atoms with Gasteiger partial charge in [0, 0.05) is 10.0 Å². The molecule has 2 aromatic carbocycles. The van der Waals surface area contributed by atoms with Crippen LogP contribution in [0.15, 0.2) is 64.6 Å². The van der Waals surface area contributed by atoms with Crippen LogP contribution in [-0.2, 0) is 14.3 Å². The molecule has 6 nitrogen and oxygen atoms in total. The van der Waals surface area contributed by atoms with Crippen molar-refractivity contribution in [3.8, 4) is 0 Å². The van der Waals surface area contributed by atoms with Gasteiger partial charge in [0.05, 0.1) is 37.9 Å². The van der Waals surface area contributed by atoms with Crippen LogP contribution in [0.2, 0.25) is 0 Å². The van der Waals surface area contributed by atoms with Crippen LogP contribution in [0.25, 0.3) is 5.76 Å². The van der Waals surface area contributed by atoms with Crippen LogP contribution in [0.5, 0.6) is 0 Å². The van der Waals surface area contributed by atoms with Crippen LogP contribution in [-0.4, -0.2) is 61.1 Å². The standard InChI is InChI=1S/C23H23BrN2O4/c24-18-8-6-17(7-9-18)21(27)19-20(16-4-2-1-3-5-16)26(23(29)22(19)28)11-10-25-12-14-30-15-13-25/h1-9,20,27H,10-15H2/p+1/t20-/m0/s1. The number of likely N-dealkylation sites (tertiary alicyclic amines) is 1. The highest BCUT2D eigenvalue weighted by atomic mass is 79.9. The van der Waals surface area contributed by atoms with Crippen molar-refractivity contribution in [2.24, 2.45) is 0 Å². The molecular formula is C23H24BrN2O4+. The zero-order valence-corrected chi connectivity index (χ0v) is 18.1. The normalized spacial score (nSPS) is 21.9. The zero-order valence-electron chi connectivity index (χ0n) is 16.5. The average Bonchev–Trinajstić information content (AvgIpc) is 3.04. The Morgan fingerprint density at radius 2 is 1.73 bits per heavy atom. The summed E-state index contributed by atoms with van der Waals surface area (Å²) in [4.78, 5) is 28.9. The van der Waals surface area contributed by atoms with Gasteiger partial charge in [-0.25, -0.2) is 0 Å². The van der Waals surface area contributed by atoms with E-state index in [1.54, 1.807) is 29.2 Å². The number of morpholine rings is 1. The number of benzene rings is 2. The van der Waals surface area contributed by atoms with E-state index in [0.717, 1.165) is 29.7 Å². The molecule has 1 atom stereocenters. The number of nitrogens with zero attached hydrogens (tertiary/aromatic N) is 1. The molecule has 0 spiro atoms. The second-order valence-corrected chi connectivity index (χ2v) is 8.44. The molecule has 1 amide bonds. The molecule has 7 heteroatoms. The first-order valence-electron chi connectivity index (χ1n) is 10.1. The number of hydrogen-bond donors (Lipinski definition) is 2. The van der Waals surface area contributed by atoms with Gasteiger partial charge < -0.3 is 19.6 Å². The van der Waals surface area contributed by atoms with Gasteiger partial charge in [-0.05, 0) is 17.7 Å². The molecule has 0 bridgehead atoms. The Labute approximate surface area is 183 Å². The van der Waals surface area contributed by atoms with Crippen molar-refractivity contribution in [3.05, 3.63) is 75.8 Å². The van der Waals surface area contributed by atoms with Crippen molar-refractivity contribution in [1.29, 1.82) is 0 Å². The predicted octanol–water partition coefficient (Wildman–Crippen LogP) is 1.79. The van der Waals surface area contributed by atoms with Gasteiger partial charge in [0.2, 0.25) is 0 Å². The van der Waals surface area contributed by atoms with Crippen molar-refractivity contribution < 1.29 is 24.3 Å². The minimum absolute atomic E-state index is 0.143. The SMILES string of the molecule is O=C1C(=O)N(CC[NH+]2CCOCC2)[C@@H](c2ccccc2)C1=C(O)c1ccc(Br)cc1. The van der Waals surface area contributed by atoms with Gasteiger partial charge in [0.25, 0.3) is 11.7 Å². The molecule has 2 heterocycles. The van der Waals surface area contributed by atoms with Crippen molar-refractivity contribution in [3.63, 3.8) is 0 Å². The van der Waals surface area contributed by atoms with Gasteiger partial charge in [-0.3, -0.25) is 9.59 Å². The van der Waals surface area contributed by atoms with Gasteiger partial charge in [0.15, 0.2) is 0 Å². The van der Waals surface area contributed by atoms with E-state index in [9.17, 15) is 14.7 Å². The Morgan fingerprint density at radius 3 is 2.40 bits per heavy atom. The first-order valence-corrected chi connectivity index (χ1v) is 10.9. The van der Waals surface area contributed by atoms with Crippen LogP contribution in [0, 0.1) is 0 Å². The quantitative estimate of drug-likeness (QED) is 0.396. The third kappa shape index (κ3) is 4.19. The number of aliphatic hydroxyl groups excluding tert-OH is 1. The molecule has 30 heavy (non-hydrogen) atoms. The lowest BCUT2D eigenvalue weighted by molar-refractivity contribution is -0.907. The van der Waals surface area contributed by atoms with E-state index in [4.69, 9.17) is 4.74 Å². The van der Waals surface area contributed by atoms with Crippen LogP contribution < -0.4 is 4.90 Å². The number of ketones is 1. The fourth-order valence-electron chi connectivity index (χ4n) is 4.04. The molecule has 0 aromatic heterocycles. The summed E-state index contributed by atoms with van der Waals surface area (Å²) in [5.74, 6) is -1.34. The second-order valence-electron chi connectivity index (χ2n) is 7.52. The molecule has 0 saturated carbocycles. The van der Waals surface area contributed by atoms with Crippen LogP contribution in [0.3, 0.4) is 0 Å². The third-order valence-electron chi connectivity index (χ3n) is 5.68. The highest BCUT2D eigenvalue weighted by Gasteiger charge is 2.46. The van der Waals surface area contributed by atoms with E-state index in [1.807, 2.05) is 30.3 Å². The summed E-state index contributed by atoms with van der Waals surface area (Å²) in [6.45, 7) is 4.37. The van der Waals surface area contributed by atoms with Crippen LogP contribution >= 0.6 is 15.9 Å². The molecule has 2 aromatic rings. The van der Waals surface area contributed by atoms with Crippen molar-refractivity contribution in [2.75, 3.05) is 39.4 Å². The maximum atomic E-state index is 13.0. The van der Waals surface area contributed by atoms with Gasteiger partial charge in [-0.1, -0.05) is 58.4 Å². The van der Waals surface area contributed by atoms with Gasteiger partial charge in [-0.2, -0.15) is 0 Å². The van der Waals surface area contributed by atoms with E-state index in [1.165, 1.54) is 4.90 Å². The topological polar surface area (TPSA) is 71.3 Å². The monoisotopic (exact) mass is 471 g/mol. The van der Waals surface area contributed by atoms with Crippen LogP contribution in [0.1, 0.15) is 17.2 Å². The minimum atomic E-state index is -0.638. The Morgan fingerprint density at radius 1 is 1.07 bits per heavy atom. The van der Waals surface area contributed by atoms with E-state index in [0.29, 0.717) is 25.3 Å². The highest BCUT2D eigenvalue weighted by molar-refractivity contribution is 9.10. The van der Waals surface area contributed by atoms with E-state index in [-0.39, 0.29) is 11.3 Å². The molecule has 2 aliphatic rings. The Balaban J connectivity index is 1.71. The number of carbonyl (C=O) groups excluding carboxylic acids is 2. The largest absolute Gasteiger partial charge is 0.507 e. The summed E-state index contributed by atoms with van der Waals surface area (Å²) < 4.78 is 6.27. The van der Waals surface area contributed by atoms with E-state index < -0.39 is 17.7 Å². The molecular weight excluding hydrogens is 448 g/mol. The van der Waals surface area contributed by atoms with Crippen molar-refractivity contribution >= 4 is 33.4 Å². The van der Waals surface area contributed by atoms with Gasteiger partial charge in [0.1, 0.15) is 18.8 Å². The number of ether oxygens (including phenoxy) is 1. The smallest absolute Gasteiger partial charge is 0.295 e. The highest BCUT2D eigenvalue weighted by Crippen LogP contribution is 2.39. The molecule has 0 radical (unpaired) electrons. The molecule has 0 aliphatic carbocycles. The van der Waals surface area contributed by atoms with E-state index in [2.05, 4.69) is 15.9 Å². The molecule has 156 valence electrons. The first-order chi connectivity index (χ1) is 14.6. The number of quaternary nitrogens is 1. The first kappa shape index (κ1) is 20.8. The molecule has 4 rings (SSSR count). The predicted molar refractivity (Wildman–Crippen MR) is 116 cm³/mol. The second kappa shape index (κ2) is 9.12. The Kier molecular flexibility index (Phi) is 6.32. The number of hydrogen-bond acceptors (Lipinski definition) is 4. The number of amides is 1. The summed E-state index contributed by atoms with van der Waals surface area (Å²) >= 11 is 3.38. The number of rotatable bonds is 5. The van der Waals surface area contributed by atoms with Crippen LogP contribution in [0.4, 0.5) is 0 Å². The summed E-state index contributed by atoms with van der Waals surface area (Å²) in [6, 6.07) is 15.9. The maximum absolute atomic E-state index is 13.0. The van der Waals surface area contributed by atoms with Gasteiger partial charge in [-0.15, -0.1) is 0 Å². The maximum Gasteiger partial charge on any atom is 0.295 e. The van der Waals surface area contributed by atoms with Crippen molar-refractivity contribution in [1.82, 2.24) is 4.90 Å². The summed E-state index contributed by atoms with van der Waals surface area (Å²) in [6.07, 6.45) is 0. The number of carbonyl (C=O) groups is 2. The average molecular weight is 472 g/mol. The Bertz CT molecular complexity index is 953. The summed E-state index contributed by atoms with van der Waals surface area (Å²) in [7, 11) is 0. The lowest BCUT2D eigenvalue weighted by atomic mass is 9.95. The van der Waals surface area contributed by atoms with Crippen molar-refractivity contribution in [2.45, 2.75) is 6.04 Å². The summed E-state index contributed by atoms with van der Waals surface area (Å²) in [5, 5.41) is 11.0. The molecule has 2 saturated heterocycles. The lowest BCUT2D eigenvalue weighted by Gasteiger charge is -2.29. The molecule has 2 fully saturated rings. The Hall–Kier alpha value is -2.48. The molecule has 0 unspecified atom stereocenters. The number of aliphatic hydroxyl groups is 1.